The van der Waals surface area contributed by atoms with Crippen molar-refractivity contribution in [3.05, 3.63) is 20.9 Å². The molecule has 0 aliphatic carbocycles. The molecule has 0 atom stereocenters. The van der Waals surface area contributed by atoms with Crippen LogP contribution in [0.25, 0.3) is 0 Å². The number of hydrogen-bond acceptors (Lipinski definition) is 2. The zero-order valence-electron chi connectivity index (χ0n) is 6.40. The van der Waals surface area contributed by atoms with E-state index in [1.807, 2.05) is 22.6 Å². The summed E-state index contributed by atoms with van der Waals surface area (Å²) < 4.78 is 25.3. The van der Waals surface area contributed by atoms with Gasteiger partial charge in [-0.25, -0.2) is 13.8 Å². The summed E-state index contributed by atoms with van der Waals surface area (Å²) in [5.74, 6) is -0.0927. The maximum atomic E-state index is 12.3. The lowest BCUT2D eigenvalue weighted by Gasteiger charge is -2.07. The number of rotatable bonds is 2. The van der Waals surface area contributed by atoms with Gasteiger partial charge in [-0.3, -0.25) is 0 Å². The van der Waals surface area contributed by atoms with Crippen molar-refractivity contribution in [3.8, 4) is 0 Å². The average molecular weight is 363 g/mol. The van der Waals surface area contributed by atoms with Gasteiger partial charge in [0.15, 0.2) is 0 Å². The van der Waals surface area contributed by atoms with E-state index < -0.39 is 6.43 Å². The van der Waals surface area contributed by atoms with Crippen LogP contribution in [-0.2, 0) is 5.33 Å². The smallest absolute Gasteiger partial charge is 0.267 e. The van der Waals surface area contributed by atoms with Gasteiger partial charge in [0.25, 0.3) is 6.43 Å². The summed E-state index contributed by atoms with van der Waals surface area (Å²) >= 11 is 5.15. The molecule has 0 bridgehead atoms. The predicted molar refractivity (Wildman–Crippen MR) is 59.0 cm³/mol. The van der Waals surface area contributed by atoms with Crippen LogP contribution in [-0.4, -0.2) is 4.98 Å². The highest BCUT2D eigenvalue weighted by molar-refractivity contribution is 14.1. The van der Waals surface area contributed by atoms with Gasteiger partial charge in [-0.05, 0) is 28.7 Å². The van der Waals surface area contributed by atoms with Gasteiger partial charge >= 0.3 is 0 Å². The summed E-state index contributed by atoms with van der Waals surface area (Å²) in [4.78, 5) is 3.86. The molecule has 0 aromatic carbocycles. The van der Waals surface area contributed by atoms with Gasteiger partial charge in [0.05, 0.1) is 11.3 Å². The third kappa shape index (κ3) is 2.49. The Morgan fingerprint density at radius 3 is 2.69 bits per heavy atom. The number of hydrogen-bond donors (Lipinski definition) is 1. The number of nitrogen functional groups attached to an aromatic ring is 1. The molecule has 0 aliphatic rings. The Balaban J connectivity index is 3.20. The van der Waals surface area contributed by atoms with Crippen LogP contribution in [0, 0.1) is 3.57 Å². The van der Waals surface area contributed by atoms with Crippen molar-refractivity contribution in [3.63, 3.8) is 0 Å². The molecule has 6 heteroatoms. The lowest BCUT2D eigenvalue weighted by molar-refractivity contribution is 0.152. The van der Waals surface area contributed by atoms with E-state index >= 15 is 0 Å². The van der Waals surface area contributed by atoms with E-state index in [1.165, 1.54) is 6.07 Å². The number of pyridine rings is 1. The molecule has 0 radical (unpaired) electrons. The number of nitrogens with zero attached hydrogens (tertiary/aromatic N) is 1. The highest BCUT2D eigenvalue weighted by Crippen LogP contribution is 2.27. The number of alkyl halides is 3. The van der Waals surface area contributed by atoms with Gasteiger partial charge < -0.3 is 5.73 Å². The Morgan fingerprint density at radius 2 is 2.23 bits per heavy atom. The van der Waals surface area contributed by atoms with E-state index in [1.54, 1.807) is 0 Å². The Bertz CT molecular complexity index is 320. The van der Waals surface area contributed by atoms with Gasteiger partial charge in [0.2, 0.25) is 0 Å². The van der Waals surface area contributed by atoms with E-state index in [-0.39, 0.29) is 11.4 Å². The largest absolute Gasteiger partial charge is 0.383 e. The molecule has 13 heavy (non-hydrogen) atoms. The molecule has 0 amide bonds. The van der Waals surface area contributed by atoms with E-state index in [4.69, 9.17) is 5.73 Å². The maximum absolute atomic E-state index is 12.3. The first-order valence-electron chi connectivity index (χ1n) is 3.35. The SMILES string of the molecule is Nc1nc(CBr)c(I)cc1C(F)F. The van der Waals surface area contributed by atoms with Gasteiger partial charge in [-0.2, -0.15) is 0 Å². The third-order valence-electron chi connectivity index (χ3n) is 1.47. The first-order chi connectivity index (χ1) is 6.06. The van der Waals surface area contributed by atoms with Gasteiger partial charge in [0, 0.05) is 8.90 Å². The fraction of sp³-hybridized carbons (Fsp3) is 0.286. The summed E-state index contributed by atoms with van der Waals surface area (Å²) in [7, 11) is 0. The summed E-state index contributed by atoms with van der Waals surface area (Å²) in [5.41, 5.74) is 5.83. The van der Waals surface area contributed by atoms with E-state index in [0.29, 0.717) is 14.6 Å². The molecular weight excluding hydrogens is 357 g/mol. The van der Waals surface area contributed by atoms with E-state index in [9.17, 15) is 8.78 Å². The second kappa shape index (κ2) is 4.50. The van der Waals surface area contributed by atoms with Crippen LogP contribution < -0.4 is 5.73 Å². The predicted octanol–water partition coefficient (Wildman–Crippen LogP) is 3.10. The number of nitrogens with two attached hydrogens (primary N) is 1. The summed E-state index contributed by atoms with van der Waals surface area (Å²) in [6.45, 7) is 0. The fourth-order valence-corrected chi connectivity index (χ4v) is 2.42. The number of halogens is 4. The molecule has 0 spiro atoms. The fourth-order valence-electron chi connectivity index (χ4n) is 0.826. The molecule has 1 rings (SSSR count). The van der Waals surface area contributed by atoms with Crippen LogP contribution in [0.3, 0.4) is 0 Å². The molecule has 0 unspecified atom stereocenters. The van der Waals surface area contributed by atoms with Crippen molar-refractivity contribution in [2.75, 3.05) is 5.73 Å². The standard InChI is InChI=1S/C7H6BrF2IN2/c8-2-5-4(11)1-3(6(9)10)7(12)13-5/h1,6H,2H2,(H2,12,13). The van der Waals surface area contributed by atoms with Crippen LogP contribution in [0.4, 0.5) is 14.6 Å². The van der Waals surface area contributed by atoms with Crippen molar-refractivity contribution >= 4 is 44.3 Å². The first-order valence-corrected chi connectivity index (χ1v) is 5.55. The molecule has 0 aliphatic heterocycles. The maximum Gasteiger partial charge on any atom is 0.267 e. The van der Waals surface area contributed by atoms with Crippen molar-refractivity contribution in [1.29, 1.82) is 0 Å². The molecule has 0 saturated heterocycles. The Labute approximate surface area is 96.2 Å². The summed E-state index contributed by atoms with van der Waals surface area (Å²) in [5, 5.41) is 0.513. The molecular formula is C7H6BrF2IN2. The van der Waals surface area contributed by atoms with Gasteiger partial charge in [0.1, 0.15) is 5.82 Å². The number of aromatic nitrogens is 1. The molecule has 2 N–H and O–H groups in total. The number of anilines is 1. The molecule has 0 fully saturated rings. The van der Waals surface area contributed by atoms with Crippen LogP contribution in [0.5, 0.6) is 0 Å². The second-order valence-corrected chi connectivity index (χ2v) is 4.05. The molecule has 1 aromatic rings. The lowest BCUT2D eigenvalue weighted by atomic mass is 10.2. The normalized spacial score (nSPS) is 10.8. The Morgan fingerprint density at radius 1 is 1.62 bits per heavy atom. The highest BCUT2D eigenvalue weighted by atomic mass is 127. The Kier molecular flexibility index (Phi) is 3.84. The zero-order valence-corrected chi connectivity index (χ0v) is 10.1. The second-order valence-electron chi connectivity index (χ2n) is 2.33. The van der Waals surface area contributed by atoms with Crippen LogP contribution in [0.1, 0.15) is 17.7 Å². The Hall–Kier alpha value is 0.0200. The van der Waals surface area contributed by atoms with Crippen LogP contribution >= 0.6 is 38.5 Å². The lowest BCUT2D eigenvalue weighted by Crippen LogP contribution is -2.02. The molecule has 1 aromatic heterocycles. The van der Waals surface area contributed by atoms with E-state index in [0.717, 1.165) is 0 Å². The minimum absolute atomic E-state index is 0.0927. The molecule has 2 nitrogen and oxygen atoms in total. The minimum Gasteiger partial charge on any atom is -0.383 e. The van der Waals surface area contributed by atoms with Gasteiger partial charge in [-0.15, -0.1) is 0 Å². The van der Waals surface area contributed by atoms with Gasteiger partial charge in [-0.1, -0.05) is 15.9 Å². The first kappa shape index (κ1) is 11.1. The topological polar surface area (TPSA) is 38.9 Å². The average Bonchev–Trinajstić information content (AvgIpc) is 2.07. The molecule has 72 valence electrons. The van der Waals surface area contributed by atoms with Crippen molar-refractivity contribution in [2.24, 2.45) is 0 Å². The summed E-state index contributed by atoms with van der Waals surface area (Å²) in [6, 6.07) is 1.37. The molecule has 0 saturated carbocycles. The molecule has 1 heterocycles. The minimum atomic E-state index is -2.56. The van der Waals surface area contributed by atoms with Crippen LogP contribution in [0.2, 0.25) is 0 Å². The summed E-state index contributed by atoms with van der Waals surface area (Å²) in [6.07, 6.45) is -2.56. The van der Waals surface area contributed by atoms with Crippen molar-refractivity contribution in [1.82, 2.24) is 4.98 Å². The van der Waals surface area contributed by atoms with Crippen molar-refractivity contribution in [2.45, 2.75) is 11.8 Å². The third-order valence-corrected chi connectivity index (χ3v) is 2.94. The highest BCUT2D eigenvalue weighted by Gasteiger charge is 2.14. The quantitative estimate of drug-likeness (QED) is 0.648. The van der Waals surface area contributed by atoms with E-state index in [2.05, 4.69) is 20.9 Å². The van der Waals surface area contributed by atoms with Crippen LogP contribution in [0.15, 0.2) is 6.07 Å². The van der Waals surface area contributed by atoms with Crippen molar-refractivity contribution < 1.29 is 8.78 Å². The monoisotopic (exact) mass is 362 g/mol. The zero-order chi connectivity index (χ0) is 10.0.